The van der Waals surface area contributed by atoms with Crippen LogP contribution in [-0.4, -0.2) is 19.0 Å². The molecule has 0 radical (unpaired) electrons. The maximum Gasteiger partial charge on any atom is 0.238 e. The minimum Gasteiger partial charge on any atom is -0.325 e. The van der Waals surface area contributed by atoms with E-state index in [9.17, 15) is 4.79 Å². The zero-order chi connectivity index (χ0) is 14.6. The van der Waals surface area contributed by atoms with E-state index >= 15 is 0 Å². The molecule has 20 heavy (non-hydrogen) atoms. The van der Waals surface area contributed by atoms with Crippen LogP contribution in [0.1, 0.15) is 45.4 Å². The van der Waals surface area contributed by atoms with Gasteiger partial charge in [0.2, 0.25) is 5.91 Å². The van der Waals surface area contributed by atoms with E-state index in [0.717, 1.165) is 23.1 Å². The smallest absolute Gasteiger partial charge is 0.238 e. The molecule has 0 spiro atoms. The predicted molar refractivity (Wildman–Crippen MR) is 89.0 cm³/mol. The first kappa shape index (κ1) is 17.2. The van der Waals surface area contributed by atoms with Crippen molar-refractivity contribution >= 4 is 27.5 Å². The van der Waals surface area contributed by atoms with Crippen molar-refractivity contribution in [2.75, 3.05) is 18.4 Å². The molecule has 1 rings (SSSR count). The van der Waals surface area contributed by atoms with E-state index in [1.165, 1.54) is 32.1 Å². The van der Waals surface area contributed by atoms with E-state index in [-0.39, 0.29) is 5.91 Å². The van der Waals surface area contributed by atoms with Gasteiger partial charge < -0.3 is 10.6 Å². The van der Waals surface area contributed by atoms with Gasteiger partial charge in [0.15, 0.2) is 0 Å². The van der Waals surface area contributed by atoms with Crippen molar-refractivity contribution in [3.05, 3.63) is 28.7 Å². The highest BCUT2D eigenvalue weighted by atomic mass is 79.9. The Morgan fingerprint density at radius 1 is 1.05 bits per heavy atom. The van der Waals surface area contributed by atoms with Crippen LogP contribution in [0.25, 0.3) is 0 Å². The minimum absolute atomic E-state index is 0.0123. The molecule has 0 unspecified atom stereocenters. The third-order valence-corrected chi connectivity index (χ3v) is 3.65. The van der Waals surface area contributed by atoms with E-state index in [1.807, 2.05) is 24.3 Å². The Kier molecular flexibility index (Phi) is 9.33. The largest absolute Gasteiger partial charge is 0.325 e. The molecule has 0 aliphatic heterocycles. The lowest BCUT2D eigenvalue weighted by Gasteiger charge is -2.07. The number of carbonyl (C=O) groups is 1. The van der Waals surface area contributed by atoms with Gasteiger partial charge >= 0.3 is 0 Å². The van der Waals surface area contributed by atoms with Crippen molar-refractivity contribution in [3.8, 4) is 0 Å². The molecule has 0 aromatic heterocycles. The number of hydrogen-bond acceptors (Lipinski definition) is 2. The summed E-state index contributed by atoms with van der Waals surface area (Å²) in [5, 5.41) is 6.05. The van der Waals surface area contributed by atoms with Gasteiger partial charge in [0.25, 0.3) is 0 Å². The maximum atomic E-state index is 11.7. The molecule has 4 heteroatoms. The standard InChI is InChI=1S/C16H25BrN2O/c1-2-3-4-5-6-7-12-18-13-16(20)19-15-10-8-14(17)9-11-15/h8-11,18H,2-7,12-13H2,1H3,(H,19,20). The second-order valence-electron chi connectivity index (χ2n) is 5.00. The van der Waals surface area contributed by atoms with Gasteiger partial charge in [-0.05, 0) is 37.2 Å². The minimum atomic E-state index is 0.0123. The topological polar surface area (TPSA) is 41.1 Å². The van der Waals surface area contributed by atoms with E-state index in [1.54, 1.807) is 0 Å². The summed E-state index contributed by atoms with van der Waals surface area (Å²) < 4.78 is 1.01. The highest BCUT2D eigenvalue weighted by Crippen LogP contribution is 2.13. The van der Waals surface area contributed by atoms with Gasteiger partial charge in [0.05, 0.1) is 6.54 Å². The average Bonchev–Trinajstić information content (AvgIpc) is 2.44. The zero-order valence-electron chi connectivity index (χ0n) is 12.3. The zero-order valence-corrected chi connectivity index (χ0v) is 13.8. The summed E-state index contributed by atoms with van der Waals surface area (Å²) in [7, 11) is 0. The Morgan fingerprint density at radius 3 is 2.40 bits per heavy atom. The number of carbonyl (C=O) groups excluding carboxylic acids is 1. The molecule has 3 nitrogen and oxygen atoms in total. The summed E-state index contributed by atoms with van der Waals surface area (Å²) in [6.45, 7) is 3.52. The van der Waals surface area contributed by atoms with Crippen LogP contribution in [0.2, 0.25) is 0 Å². The van der Waals surface area contributed by atoms with Gasteiger partial charge in [-0.25, -0.2) is 0 Å². The van der Waals surface area contributed by atoms with Gasteiger partial charge in [-0.2, -0.15) is 0 Å². The highest BCUT2D eigenvalue weighted by molar-refractivity contribution is 9.10. The molecule has 1 amide bonds. The van der Waals surface area contributed by atoms with E-state index in [4.69, 9.17) is 0 Å². The number of halogens is 1. The summed E-state index contributed by atoms with van der Waals surface area (Å²) in [4.78, 5) is 11.7. The van der Waals surface area contributed by atoms with Crippen molar-refractivity contribution < 1.29 is 4.79 Å². The summed E-state index contributed by atoms with van der Waals surface area (Å²) in [5.41, 5.74) is 0.833. The van der Waals surface area contributed by atoms with Gasteiger partial charge in [0.1, 0.15) is 0 Å². The number of hydrogen-bond donors (Lipinski definition) is 2. The molecule has 112 valence electrons. The summed E-state index contributed by atoms with van der Waals surface area (Å²) in [6.07, 6.45) is 7.66. The Balaban J connectivity index is 2.01. The second-order valence-corrected chi connectivity index (χ2v) is 5.92. The Morgan fingerprint density at radius 2 is 1.70 bits per heavy atom. The van der Waals surface area contributed by atoms with Crippen molar-refractivity contribution in [3.63, 3.8) is 0 Å². The van der Waals surface area contributed by atoms with E-state index < -0.39 is 0 Å². The molecular weight excluding hydrogens is 316 g/mol. The summed E-state index contributed by atoms with van der Waals surface area (Å²) in [5.74, 6) is 0.0123. The molecule has 0 aliphatic carbocycles. The first-order chi connectivity index (χ1) is 9.72. The normalized spacial score (nSPS) is 10.5. The fourth-order valence-corrected chi connectivity index (χ4v) is 2.23. The third-order valence-electron chi connectivity index (χ3n) is 3.12. The molecule has 0 bridgehead atoms. The fraction of sp³-hybridized carbons (Fsp3) is 0.562. The van der Waals surface area contributed by atoms with Crippen LogP contribution in [0.5, 0.6) is 0 Å². The molecule has 2 N–H and O–H groups in total. The quantitative estimate of drug-likeness (QED) is 0.622. The Labute approximate surface area is 130 Å². The second kappa shape index (κ2) is 10.9. The van der Waals surface area contributed by atoms with E-state index in [2.05, 4.69) is 33.5 Å². The van der Waals surface area contributed by atoms with Crippen LogP contribution in [0.15, 0.2) is 28.7 Å². The maximum absolute atomic E-state index is 11.7. The lowest BCUT2D eigenvalue weighted by atomic mass is 10.1. The first-order valence-electron chi connectivity index (χ1n) is 7.48. The number of unbranched alkanes of at least 4 members (excludes halogenated alkanes) is 5. The SMILES string of the molecule is CCCCCCCCNCC(=O)Nc1ccc(Br)cc1. The van der Waals surface area contributed by atoms with Crippen molar-refractivity contribution in [1.82, 2.24) is 5.32 Å². The number of benzene rings is 1. The molecule has 0 aliphatic rings. The fourth-order valence-electron chi connectivity index (χ4n) is 1.97. The predicted octanol–water partition coefficient (Wildman–Crippen LogP) is 4.34. The number of rotatable bonds is 10. The summed E-state index contributed by atoms with van der Waals surface area (Å²) >= 11 is 3.37. The van der Waals surface area contributed by atoms with Gasteiger partial charge in [0, 0.05) is 10.2 Å². The molecular formula is C16H25BrN2O. The van der Waals surface area contributed by atoms with E-state index in [0.29, 0.717) is 6.54 Å². The number of nitrogens with one attached hydrogen (secondary N) is 2. The lowest BCUT2D eigenvalue weighted by molar-refractivity contribution is -0.115. The lowest BCUT2D eigenvalue weighted by Crippen LogP contribution is -2.28. The van der Waals surface area contributed by atoms with Crippen molar-refractivity contribution in [1.29, 1.82) is 0 Å². The van der Waals surface area contributed by atoms with Gasteiger partial charge in [-0.3, -0.25) is 4.79 Å². The number of amides is 1. The molecule has 1 aromatic carbocycles. The Bertz CT molecular complexity index is 379. The first-order valence-corrected chi connectivity index (χ1v) is 8.28. The molecule has 0 fully saturated rings. The van der Waals surface area contributed by atoms with Gasteiger partial charge in [-0.1, -0.05) is 55.0 Å². The average molecular weight is 341 g/mol. The molecule has 1 aromatic rings. The summed E-state index contributed by atoms with van der Waals surface area (Å²) in [6, 6.07) is 7.60. The van der Waals surface area contributed by atoms with Crippen molar-refractivity contribution in [2.45, 2.75) is 45.4 Å². The van der Waals surface area contributed by atoms with Crippen molar-refractivity contribution in [2.24, 2.45) is 0 Å². The van der Waals surface area contributed by atoms with Crippen LogP contribution in [0.3, 0.4) is 0 Å². The number of anilines is 1. The molecule has 0 saturated heterocycles. The Hall–Kier alpha value is -0.870. The van der Waals surface area contributed by atoms with Crippen LogP contribution in [-0.2, 0) is 4.79 Å². The third kappa shape index (κ3) is 8.33. The van der Waals surface area contributed by atoms with Crippen LogP contribution >= 0.6 is 15.9 Å². The van der Waals surface area contributed by atoms with Gasteiger partial charge in [-0.15, -0.1) is 0 Å². The molecule has 0 atom stereocenters. The molecule has 0 heterocycles. The molecule has 0 saturated carbocycles. The van der Waals surface area contributed by atoms with Crippen LogP contribution < -0.4 is 10.6 Å². The monoisotopic (exact) mass is 340 g/mol. The van der Waals surface area contributed by atoms with Crippen LogP contribution in [0, 0.1) is 0 Å². The van der Waals surface area contributed by atoms with Crippen LogP contribution in [0.4, 0.5) is 5.69 Å². The highest BCUT2D eigenvalue weighted by Gasteiger charge is 2.01.